The number of rotatable bonds is 5. The van der Waals surface area contributed by atoms with Crippen molar-refractivity contribution in [3.05, 3.63) is 59.9 Å². The van der Waals surface area contributed by atoms with Gasteiger partial charge in [0.2, 0.25) is 0 Å². The highest BCUT2D eigenvalue weighted by Gasteiger charge is 2.25. The third-order valence-corrected chi connectivity index (χ3v) is 5.54. The van der Waals surface area contributed by atoms with Crippen LogP contribution in [0.5, 0.6) is 0 Å². The third kappa shape index (κ3) is 4.75. The molecule has 0 bridgehead atoms. The van der Waals surface area contributed by atoms with Crippen LogP contribution in [0.2, 0.25) is 0 Å². The van der Waals surface area contributed by atoms with E-state index in [-0.39, 0.29) is 12.4 Å². The number of nitrogens with zero attached hydrogens (tertiary/aromatic N) is 5. The van der Waals surface area contributed by atoms with Crippen molar-refractivity contribution in [1.82, 2.24) is 15.0 Å². The van der Waals surface area contributed by atoms with E-state index in [0.717, 1.165) is 17.1 Å². The molecular formula is C23H22ClFN6. The number of anilines is 3. The fourth-order valence-electron chi connectivity index (χ4n) is 3.77. The van der Waals surface area contributed by atoms with Crippen LogP contribution in [-0.4, -0.2) is 34.2 Å². The maximum Gasteiger partial charge on any atom is 0.132 e. The van der Waals surface area contributed by atoms with Gasteiger partial charge in [-0.2, -0.15) is 5.26 Å². The molecule has 3 aromatic rings. The summed E-state index contributed by atoms with van der Waals surface area (Å²) in [6.07, 6.45) is 5.56. The summed E-state index contributed by atoms with van der Waals surface area (Å²) in [5.74, 6) is 2.64. The lowest BCUT2D eigenvalue weighted by Crippen LogP contribution is -2.20. The van der Waals surface area contributed by atoms with Crippen LogP contribution in [0.1, 0.15) is 36.3 Å². The highest BCUT2D eigenvalue weighted by molar-refractivity contribution is 5.85. The van der Waals surface area contributed by atoms with Crippen LogP contribution < -0.4 is 10.2 Å². The first kappa shape index (κ1) is 21.0. The standard InChI is InChI=1S/C23H21FN6.ClH/c24-19-6-8-30(14-19)23-4-3-17(13-27-23)20-10-18(16-1-2-16)11-22(28-20)29-21-9-15(12-25)5-7-26-21;/h3-5,7,9-11,13,16,19H,1-2,6,8,14H2,(H,26,28,29);1H/t19-;/m1./s1. The summed E-state index contributed by atoms with van der Waals surface area (Å²) >= 11 is 0. The van der Waals surface area contributed by atoms with E-state index in [9.17, 15) is 4.39 Å². The normalized spacial score (nSPS) is 17.7. The molecule has 8 heteroatoms. The molecule has 1 N–H and O–H groups in total. The Morgan fingerprint density at radius 2 is 1.94 bits per heavy atom. The summed E-state index contributed by atoms with van der Waals surface area (Å²) in [6, 6.07) is 13.6. The van der Waals surface area contributed by atoms with E-state index in [1.54, 1.807) is 24.5 Å². The highest BCUT2D eigenvalue weighted by Crippen LogP contribution is 2.42. The van der Waals surface area contributed by atoms with Crippen LogP contribution in [0.4, 0.5) is 21.8 Å². The molecule has 0 aromatic carbocycles. The number of pyridine rings is 3. The predicted molar refractivity (Wildman–Crippen MR) is 121 cm³/mol. The number of aromatic nitrogens is 3. The topological polar surface area (TPSA) is 77.7 Å². The zero-order valence-electron chi connectivity index (χ0n) is 16.8. The van der Waals surface area contributed by atoms with Crippen LogP contribution in [0.3, 0.4) is 0 Å². The van der Waals surface area contributed by atoms with Crippen molar-refractivity contribution in [3.8, 4) is 17.3 Å². The van der Waals surface area contributed by atoms with E-state index in [1.807, 2.05) is 17.0 Å². The van der Waals surface area contributed by atoms with Crippen molar-refractivity contribution >= 4 is 29.9 Å². The average Bonchev–Trinajstić information content (AvgIpc) is 3.54. The fourth-order valence-corrected chi connectivity index (χ4v) is 3.77. The van der Waals surface area contributed by atoms with Gasteiger partial charge in [-0.1, -0.05) is 0 Å². The molecule has 1 saturated heterocycles. The van der Waals surface area contributed by atoms with Crippen LogP contribution in [-0.2, 0) is 0 Å². The van der Waals surface area contributed by atoms with Crippen molar-refractivity contribution in [2.75, 3.05) is 23.3 Å². The molecule has 2 fully saturated rings. The first-order valence-corrected chi connectivity index (χ1v) is 10.2. The Bertz CT molecular complexity index is 1110. The van der Waals surface area contributed by atoms with Gasteiger partial charge >= 0.3 is 0 Å². The number of nitriles is 1. The minimum Gasteiger partial charge on any atom is -0.354 e. The number of halogens is 2. The molecule has 2 aliphatic rings. The van der Waals surface area contributed by atoms with Gasteiger partial charge in [0, 0.05) is 24.5 Å². The molecule has 6 nitrogen and oxygen atoms in total. The molecule has 0 spiro atoms. The third-order valence-electron chi connectivity index (χ3n) is 5.54. The molecule has 0 unspecified atom stereocenters. The Hall–Kier alpha value is -3.24. The molecule has 158 valence electrons. The number of alkyl halides is 1. The second-order valence-corrected chi connectivity index (χ2v) is 7.85. The molecule has 0 amide bonds. The Kier molecular flexibility index (Phi) is 6.01. The van der Waals surface area contributed by atoms with Crippen molar-refractivity contribution in [2.24, 2.45) is 0 Å². The van der Waals surface area contributed by atoms with Gasteiger partial charge in [-0.15, -0.1) is 12.4 Å². The Balaban J connectivity index is 0.00000231. The summed E-state index contributed by atoms with van der Waals surface area (Å²) in [7, 11) is 0. The van der Waals surface area contributed by atoms with Crippen LogP contribution in [0.15, 0.2) is 48.8 Å². The van der Waals surface area contributed by atoms with Gasteiger partial charge in [0.1, 0.15) is 23.6 Å². The van der Waals surface area contributed by atoms with Crippen LogP contribution >= 0.6 is 12.4 Å². The minimum atomic E-state index is -0.773. The molecule has 0 radical (unpaired) electrons. The summed E-state index contributed by atoms with van der Waals surface area (Å²) in [6.45, 7) is 1.11. The molecule has 1 atom stereocenters. The Morgan fingerprint density at radius 3 is 2.61 bits per heavy atom. The summed E-state index contributed by atoms with van der Waals surface area (Å²) in [5.41, 5.74) is 3.53. The zero-order valence-corrected chi connectivity index (χ0v) is 17.6. The first-order chi connectivity index (χ1) is 14.7. The van der Waals surface area contributed by atoms with Crippen molar-refractivity contribution in [3.63, 3.8) is 0 Å². The first-order valence-electron chi connectivity index (χ1n) is 10.2. The zero-order chi connectivity index (χ0) is 20.5. The van der Waals surface area contributed by atoms with Gasteiger partial charge < -0.3 is 10.2 Å². The van der Waals surface area contributed by atoms with Crippen molar-refractivity contribution < 1.29 is 4.39 Å². The van der Waals surface area contributed by atoms with Crippen LogP contribution in [0.25, 0.3) is 11.3 Å². The van der Waals surface area contributed by atoms with Crippen LogP contribution in [0, 0.1) is 11.3 Å². The van der Waals surface area contributed by atoms with Gasteiger partial charge in [-0.05, 0) is 67.1 Å². The maximum absolute atomic E-state index is 13.5. The Morgan fingerprint density at radius 1 is 1.06 bits per heavy atom. The van der Waals surface area contributed by atoms with Crippen molar-refractivity contribution in [2.45, 2.75) is 31.4 Å². The molecule has 1 aliphatic carbocycles. The molecule has 3 aromatic heterocycles. The quantitative estimate of drug-likeness (QED) is 0.606. The van der Waals surface area contributed by atoms with Gasteiger partial charge in [-0.25, -0.2) is 19.3 Å². The van der Waals surface area contributed by atoms with E-state index in [1.165, 1.54) is 18.4 Å². The number of hydrogen-bond donors (Lipinski definition) is 1. The van der Waals surface area contributed by atoms with Crippen molar-refractivity contribution in [1.29, 1.82) is 5.26 Å². The van der Waals surface area contributed by atoms with E-state index < -0.39 is 6.17 Å². The SMILES string of the molecule is Cl.N#Cc1ccnc(Nc2cc(C3CC3)cc(-c3ccc(N4CC[C@@H](F)C4)nc3)n2)c1. The number of nitrogens with one attached hydrogen (secondary N) is 1. The molecule has 1 saturated carbocycles. The second kappa shape index (κ2) is 8.86. The number of hydrogen-bond acceptors (Lipinski definition) is 6. The fraction of sp³-hybridized carbons (Fsp3) is 0.304. The predicted octanol–water partition coefficient (Wildman–Crippen LogP) is 5.00. The van der Waals surface area contributed by atoms with E-state index >= 15 is 0 Å². The lowest BCUT2D eigenvalue weighted by atomic mass is 10.1. The van der Waals surface area contributed by atoms with Gasteiger partial charge in [-0.3, -0.25) is 0 Å². The monoisotopic (exact) mass is 436 g/mol. The minimum absolute atomic E-state index is 0. The van der Waals surface area contributed by atoms with E-state index in [0.29, 0.717) is 42.6 Å². The largest absolute Gasteiger partial charge is 0.354 e. The van der Waals surface area contributed by atoms with E-state index in [4.69, 9.17) is 10.2 Å². The van der Waals surface area contributed by atoms with Gasteiger partial charge in [0.25, 0.3) is 0 Å². The van der Waals surface area contributed by atoms with E-state index in [2.05, 4.69) is 33.5 Å². The Labute approximate surface area is 186 Å². The smallest absolute Gasteiger partial charge is 0.132 e. The second-order valence-electron chi connectivity index (χ2n) is 7.85. The summed E-state index contributed by atoms with van der Waals surface area (Å²) < 4.78 is 13.5. The summed E-state index contributed by atoms with van der Waals surface area (Å²) in [5, 5.41) is 12.3. The molecular weight excluding hydrogens is 415 g/mol. The lowest BCUT2D eigenvalue weighted by Gasteiger charge is -2.16. The highest BCUT2D eigenvalue weighted by atomic mass is 35.5. The van der Waals surface area contributed by atoms with Gasteiger partial charge in [0.15, 0.2) is 0 Å². The lowest BCUT2D eigenvalue weighted by molar-refractivity contribution is 0.364. The molecule has 4 heterocycles. The molecule has 1 aliphatic heterocycles. The molecule has 31 heavy (non-hydrogen) atoms. The average molecular weight is 437 g/mol. The molecule has 5 rings (SSSR count). The van der Waals surface area contributed by atoms with Gasteiger partial charge in [0.05, 0.1) is 23.9 Å². The summed E-state index contributed by atoms with van der Waals surface area (Å²) in [4.78, 5) is 15.6. The maximum atomic E-state index is 13.5.